The van der Waals surface area contributed by atoms with E-state index in [2.05, 4.69) is 15.3 Å². The number of ether oxygens (including phenoxy) is 1. The smallest absolute Gasteiger partial charge is 0.259 e. The van der Waals surface area contributed by atoms with Crippen molar-refractivity contribution in [1.82, 2.24) is 9.97 Å². The molecule has 25 heavy (non-hydrogen) atoms. The molecule has 0 saturated carbocycles. The second-order valence-electron chi connectivity index (χ2n) is 4.95. The topological polar surface area (TPSA) is 64.1 Å². The minimum atomic E-state index is -0.306. The van der Waals surface area contributed by atoms with Crippen LogP contribution in [0.15, 0.2) is 71.0 Å². The minimum absolute atomic E-state index is 0.306. The van der Waals surface area contributed by atoms with E-state index in [9.17, 15) is 4.79 Å². The van der Waals surface area contributed by atoms with Crippen LogP contribution in [0.3, 0.4) is 0 Å². The van der Waals surface area contributed by atoms with Crippen LogP contribution >= 0.6 is 23.4 Å². The van der Waals surface area contributed by atoms with Crippen LogP contribution in [0, 0.1) is 0 Å². The molecule has 0 aliphatic heterocycles. The van der Waals surface area contributed by atoms with E-state index in [1.165, 1.54) is 18.9 Å². The van der Waals surface area contributed by atoms with Crippen LogP contribution < -0.4 is 10.1 Å². The summed E-state index contributed by atoms with van der Waals surface area (Å²) < 4.78 is 5.22. The van der Waals surface area contributed by atoms with E-state index < -0.39 is 0 Å². The van der Waals surface area contributed by atoms with Gasteiger partial charge in [0.25, 0.3) is 5.91 Å². The summed E-state index contributed by atoms with van der Waals surface area (Å²) in [6, 6.07) is 14.1. The van der Waals surface area contributed by atoms with Gasteiger partial charge in [-0.15, -0.1) is 0 Å². The zero-order valence-electron chi connectivity index (χ0n) is 13.3. The predicted octanol–water partition coefficient (Wildman–Crippen LogP) is 4.54. The molecule has 0 saturated heterocycles. The van der Waals surface area contributed by atoms with Gasteiger partial charge in [0, 0.05) is 23.1 Å². The molecule has 5 nitrogen and oxygen atoms in total. The van der Waals surface area contributed by atoms with E-state index in [1.807, 2.05) is 18.2 Å². The Morgan fingerprint density at radius 2 is 1.92 bits per heavy atom. The third-order valence-electron chi connectivity index (χ3n) is 3.25. The number of aromatic nitrogens is 2. The second kappa shape index (κ2) is 8.00. The summed E-state index contributed by atoms with van der Waals surface area (Å²) in [5.41, 5.74) is 0.992. The van der Waals surface area contributed by atoms with E-state index >= 15 is 0 Å². The SMILES string of the molecule is COc1ccc(Cl)cc1C(=O)Nc1ccnc(Sc2ccccn2)c1. The number of carbonyl (C=O) groups is 1. The lowest BCUT2D eigenvalue weighted by atomic mass is 10.2. The quantitative estimate of drug-likeness (QED) is 0.713. The number of pyridine rings is 2. The number of benzene rings is 1. The molecule has 3 aromatic rings. The highest BCUT2D eigenvalue weighted by atomic mass is 35.5. The molecule has 2 aromatic heterocycles. The first-order valence-electron chi connectivity index (χ1n) is 7.35. The first-order chi connectivity index (χ1) is 12.2. The monoisotopic (exact) mass is 371 g/mol. The summed E-state index contributed by atoms with van der Waals surface area (Å²) in [7, 11) is 1.51. The van der Waals surface area contributed by atoms with E-state index in [4.69, 9.17) is 16.3 Å². The molecule has 0 aliphatic rings. The summed E-state index contributed by atoms with van der Waals surface area (Å²) in [5, 5.41) is 4.86. The van der Waals surface area contributed by atoms with Crippen LogP contribution in [0.2, 0.25) is 5.02 Å². The molecule has 2 heterocycles. The summed E-state index contributed by atoms with van der Waals surface area (Å²) in [6.07, 6.45) is 3.36. The van der Waals surface area contributed by atoms with Gasteiger partial charge in [0.2, 0.25) is 0 Å². The third-order valence-corrected chi connectivity index (χ3v) is 4.36. The van der Waals surface area contributed by atoms with Gasteiger partial charge in [-0.3, -0.25) is 4.79 Å². The van der Waals surface area contributed by atoms with Gasteiger partial charge in [-0.05, 0) is 42.5 Å². The Hall–Kier alpha value is -2.57. The Balaban J connectivity index is 1.78. The lowest BCUT2D eigenvalue weighted by Crippen LogP contribution is -2.13. The van der Waals surface area contributed by atoms with E-state index in [0.717, 1.165) is 10.1 Å². The van der Waals surface area contributed by atoms with Gasteiger partial charge in [0.1, 0.15) is 15.8 Å². The summed E-state index contributed by atoms with van der Waals surface area (Å²) in [6.45, 7) is 0. The maximum Gasteiger partial charge on any atom is 0.259 e. The van der Waals surface area contributed by atoms with Crippen molar-refractivity contribution in [2.75, 3.05) is 12.4 Å². The molecule has 0 atom stereocenters. The van der Waals surface area contributed by atoms with Crippen LogP contribution in [-0.4, -0.2) is 23.0 Å². The van der Waals surface area contributed by atoms with Crippen molar-refractivity contribution in [3.05, 3.63) is 71.5 Å². The molecule has 0 aliphatic carbocycles. The van der Waals surface area contributed by atoms with Crippen molar-refractivity contribution in [1.29, 1.82) is 0 Å². The number of amides is 1. The maximum atomic E-state index is 12.5. The fraction of sp³-hybridized carbons (Fsp3) is 0.0556. The summed E-state index contributed by atoms with van der Waals surface area (Å²) >= 11 is 7.40. The van der Waals surface area contributed by atoms with Crippen LogP contribution in [0.4, 0.5) is 5.69 Å². The predicted molar refractivity (Wildman–Crippen MR) is 98.6 cm³/mol. The van der Waals surface area contributed by atoms with Gasteiger partial charge in [-0.1, -0.05) is 29.4 Å². The van der Waals surface area contributed by atoms with Crippen LogP contribution in [-0.2, 0) is 0 Å². The molecule has 1 N–H and O–H groups in total. The Kier molecular flexibility index (Phi) is 5.53. The van der Waals surface area contributed by atoms with E-state index in [1.54, 1.807) is 42.7 Å². The Morgan fingerprint density at radius 1 is 1.08 bits per heavy atom. The van der Waals surface area contributed by atoms with Gasteiger partial charge in [-0.2, -0.15) is 0 Å². The molecule has 0 radical (unpaired) electrons. The van der Waals surface area contributed by atoms with Gasteiger partial charge < -0.3 is 10.1 Å². The molecular weight excluding hydrogens is 358 g/mol. The number of nitrogens with one attached hydrogen (secondary N) is 1. The highest BCUT2D eigenvalue weighted by Crippen LogP contribution is 2.27. The number of hydrogen-bond acceptors (Lipinski definition) is 5. The third kappa shape index (κ3) is 4.49. The average Bonchev–Trinajstić information content (AvgIpc) is 2.63. The number of nitrogens with zero attached hydrogens (tertiary/aromatic N) is 2. The Bertz CT molecular complexity index is 890. The zero-order chi connectivity index (χ0) is 17.6. The molecule has 126 valence electrons. The molecule has 7 heteroatoms. The van der Waals surface area contributed by atoms with Gasteiger partial charge in [0.05, 0.1) is 12.7 Å². The summed E-state index contributed by atoms with van der Waals surface area (Å²) in [5.74, 6) is 0.151. The van der Waals surface area contributed by atoms with Crippen LogP contribution in [0.5, 0.6) is 5.75 Å². The van der Waals surface area contributed by atoms with Gasteiger partial charge >= 0.3 is 0 Å². The van der Waals surface area contributed by atoms with Crippen molar-refractivity contribution >= 4 is 35.0 Å². The van der Waals surface area contributed by atoms with Crippen LogP contribution in [0.25, 0.3) is 0 Å². The molecular formula is C18H14ClN3O2S. The number of hydrogen-bond donors (Lipinski definition) is 1. The molecule has 0 bridgehead atoms. The minimum Gasteiger partial charge on any atom is -0.496 e. The van der Waals surface area contributed by atoms with Gasteiger partial charge in [0.15, 0.2) is 0 Å². The molecule has 3 rings (SSSR count). The molecule has 0 fully saturated rings. The van der Waals surface area contributed by atoms with E-state index in [-0.39, 0.29) is 5.91 Å². The fourth-order valence-corrected chi connectivity index (χ4v) is 3.06. The highest BCUT2D eigenvalue weighted by Gasteiger charge is 2.13. The number of halogens is 1. The average molecular weight is 372 g/mol. The lowest BCUT2D eigenvalue weighted by molar-refractivity contribution is 0.102. The van der Waals surface area contributed by atoms with Crippen LogP contribution in [0.1, 0.15) is 10.4 Å². The van der Waals surface area contributed by atoms with Crippen molar-refractivity contribution in [2.24, 2.45) is 0 Å². The van der Waals surface area contributed by atoms with Crippen molar-refractivity contribution in [2.45, 2.75) is 10.1 Å². The first kappa shape index (κ1) is 17.3. The fourth-order valence-electron chi connectivity index (χ4n) is 2.11. The van der Waals surface area contributed by atoms with Crippen molar-refractivity contribution in [3.63, 3.8) is 0 Å². The molecule has 0 spiro atoms. The van der Waals surface area contributed by atoms with E-state index in [0.29, 0.717) is 22.0 Å². The number of carbonyl (C=O) groups excluding carboxylic acids is 1. The lowest BCUT2D eigenvalue weighted by Gasteiger charge is -2.10. The molecule has 1 aromatic carbocycles. The number of rotatable bonds is 5. The largest absolute Gasteiger partial charge is 0.496 e. The first-order valence-corrected chi connectivity index (χ1v) is 8.55. The maximum absolute atomic E-state index is 12.5. The van der Waals surface area contributed by atoms with Crippen molar-refractivity contribution in [3.8, 4) is 5.75 Å². The number of anilines is 1. The normalized spacial score (nSPS) is 10.3. The molecule has 1 amide bonds. The highest BCUT2D eigenvalue weighted by molar-refractivity contribution is 7.99. The summed E-state index contributed by atoms with van der Waals surface area (Å²) in [4.78, 5) is 21.1. The second-order valence-corrected chi connectivity index (χ2v) is 6.43. The number of methoxy groups -OCH3 is 1. The Morgan fingerprint density at radius 3 is 2.68 bits per heavy atom. The molecule has 0 unspecified atom stereocenters. The zero-order valence-corrected chi connectivity index (χ0v) is 14.8. The van der Waals surface area contributed by atoms with Crippen molar-refractivity contribution < 1.29 is 9.53 Å². The standard InChI is InChI=1S/C18H14ClN3O2S/c1-24-15-6-5-12(19)10-14(15)18(23)22-13-7-9-21-17(11-13)25-16-4-2-3-8-20-16/h2-11H,1H3,(H,21,22,23). The van der Waals surface area contributed by atoms with Gasteiger partial charge in [-0.25, -0.2) is 9.97 Å². The Labute approximate surface area is 154 Å².